The van der Waals surface area contributed by atoms with Crippen LogP contribution in [0.5, 0.6) is 0 Å². The van der Waals surface area contributed by atoms with Crippen LogP contribution in [0.2, 0.25) is 0 Å². The molecule has 70 valence electrons. The molecule has 0 aromatic carbocycles. The fraction of sp³-hybridized carbons (Fsp3) is 0.900. The zero-order chi connectivity index (χ0) is 9.35. The predicted molar refractivity (Wildman–Crippen MR) is 47.9 cm³/mol. The SMILES string of the molecule is CC(C)CC1(C(=O)O)CC(C)C1. The van der Waals surface area contributed by atoms with Crippen LogP contribution >= 0.6 is 0 Å². The highest BCUT2D eigenvalue weighted by Gasteiger charge is 2.48. The van der Waals surface area contributed by atoms with Gasteiger partial charge in [-0.3, -0.25) is 4.79 Å². The van der Waals surface area contributed by atoms with E-state index in [4.69, 9.17) is 5.11 Å². The van der Waals surface area contributed by atoms with Crippen LogP contribution in [0.1, 0.15) is 40.0 Å². The summed E-state index contributed by atoms with van der Waals surface area (Å²) < 4.78 is 0. The normalized spacial score (nSPS) is 34.8. The van der Waals surface area contributed by atoms with E-state index in [9.17, 15) is 4.79 Å². The minimum atomic E-state index is -0.589. The van der Waals surface area contributed by atoms with Gasteiger partial charge in [-0.15, -0.1) is 0 Å². The third-order valence-electron chi connectivity index (χ3n) is 2.73. The average Bonchev–Trinajstić information content (AvgIpc) is 1.81. The molecule has 0 amide bonds. The summed E-state index contributed by atoms with van der Waals surface area (Å²) in [5, 5.41) is 9.05. The summed E-state index contributed by atoms with van der Waals surface area (Å²) in [6, 6.07) is 0. The highest BCUT2D eigenvalue weighted by atomic mass is 16.4. The molecule has 2 nitrogen and oxygen atoms in total. The Morgan fingerprint density at radius 1 is 1.58 bits per heavy atom. The molecule has 0 radical (unpaired) electrons. The Bertz CT molecular complexity index is 178. The first kappa shape index (κ1) is 9.56. The molecule has 2 heteroatoms. The van der Waals surface area contributed by atoms with Crippen LogP contribution in [0.4, 0.5) is 0 Å². The quantitative estimate of drug-likeness (QED) is 0.706. The predicted octanol–water partition coefficient (Wildman–Crippen LogP) is 2.53. The Kier molecular flexibility index (Phi) is 2.45. The van der Waals surface area contributed by atoms with Crippen LogP contribution in [0.3, 0.4) is 0 Å². The van der Waals surface area contributed by atoms with Gasteiger partial charge in [0.25, 0.3) is 0 Å². The summed E-state index contributed by atoms with van der Waals surface area (Å²) >= 11 is 0. The Hall–Kier alpha value is -0.530. The van der Waals surface area contributed by atoms with E-state index in [0.717, 1.165) is 19.3 Å². The zero-order valence-corrected chi connectivity index (χ0v) is 8.13. The highest BCUT2D eigenvalue weighted by Crippen LogP contribution is 2.49. The number of hydrogen-bond donors (Lipinski definition) is 1. The second kappa shape index (κ2) is 3.08. The van der Waals surface area contributed by atoms with E-state index in [2.05, 4.69) is 20.8 Å². The Morgan fingerprint density at radius 2 is 2.08 bits per heavy atom. The summed E-state index contributed by atoms with van der Waals surface area (Å²) in [4.78, 5) is 11.0. The summed E-state index contributed by atoms with van der Waals surface area (Å²) in [7, 11) is 0. The lowest BCUT2D eigenvalue weighted by molar-refractivity contribution is -0.159. The lowest BCUT2D eigenvalue weighted by Crippen LogP contribution is -2.43. The molecular weight excluding hydrogens is 152 g/mol. The maximum Gasteiger partial charge on any atom is 0.309 e. The first-order valence-electron chi connectivity index (χ1n) is 4.70. The number of aliphatic carboxylic acids is 1. The van der Waals surface area contributed by atoms with E-state index in [1.54, 1.807) is 0 Å². The van der Waals surface area contributed by atoms with Crippen LogP contribution < -0.4 is 0 Å². The van der Waals surface area contributed by atoms with E-state index in [0.29, 0.717) is 11.8 Å². The lowest BCUT2D eigenvalue weighted by atomic mass is 9.59. The van der Waals surface area contributed by atoms with Gasteiger partial charge in [-0.25, -0.2) is 0 Å². The van der Waals surface area contributed by atoms with Crippen LogP contribution in [0.25, 0.3) is 0 Å². The molecule has 1 N–H and O–H groups in total. The largest absolute Gasteiger partial charge is 0.481 e. The Balaban J connectivity index is 2.57. The smallest absolute Gasteiger partial charge is 0.309 e. The average molecular weight is 170 g/mol. The van der Waals surface area contributed by atoms with Gasteiger partial charge in [0.05, 0.1) is 5.41 Å². The van der Waals surface area contributed by atoms with Crippen molar-refractivity contribution in [1.29, 1.82) is 0 Å². The number of carboxylic acids is 1. The summed E-state index contributed by atoms with van der Waals surface area (Å²) in [5.74, 6) is 0.516. The van der Waals surface area contributed by atoms with Crippen LogP contribution in [-0.4, -0.2) is 11.1 Å². The second-order valence-electron chi connectivity index (χ2n) is 4.70. The van der Waals surface area contributed by atoms with Crippen molar-refractivity contribution < 1.29 is 9.90 Å². The molecule has 1 saturated carbocycles. The number of carbonyl (C=O) groups is 1. The van der Waals surface area contributed by atoms with Gasteiger partial charge in [-0.05, 0) is 31.1 Å². The first-order chi connectivity index (χ1) is 5.46. The van der Waals surface area contributed by atoms with Crippen molar-refractivity contribution in [3.8, 4) is 0 Å². The van der Waals surface area contributed by atoms with E-state index in [1.165, 1.54) is 0 Å². The molecule has 0 unspecified atom stereocenters. The van der Waals surface area contributed by atoms with Gasteiger partial charge in [0, 0.05) is 0 Å². The number of hydrogen-bond acceptors (Lipinski definition) is 1. The van der Waals surface area contributed by atoms with Gasteiger partial charge >= 0.3 is 5.97 Å². The molecule has 1 rings (SSSR count). The second-order valence-corrected chi connectivity index (χ2v) is 4.70. The van der Waals surface area contributed by atoms with Crippen molar-refractivity contribution in [2.75, 3.05) is 0 Å². The highest BCUT2D eigenvalue weighted by molar-refractivity contribution is 5.75. The van der Waals surface area contributed by atoms with E-state index in [-0.39, 0.29) is 5.41 Å². The summed E-state index contributed by atoms with van der Waals surface area (Å²) in [5.41, 5.74) is -0.367. The Labute approximate surface area is 74.0 Å². The van der Waals surface area contributed by atoms with Crippen molar-refractivity contribution >= 4 is 5.97 Å². The van der Waals surface area contributed by atoms with Crippen molar-refractivity contribution in [2.45, 2.75) is 40.0 Å². The number of carboxylic acid groups (broad SMARTS) is 1. The van der Waals surface area contributed by atoms with Gasteiger partial charge in [0.2, 0.25) is 0 Å². The molecule has 0 atom stereocenters. The third kappa shape index (κ3) is 1.62. The van der Waals surface area contributed by atoms with Crippen molar-refractivity contribution in [1.82, 2.24) is 0 Å². The van der Waals surface area contributed by atoms with Gasteiger partial charge in [0.15, 0.2) is 0 Å². The summed E-state index contributed by atoms with van der Waals surface area (Å²) in [6.07, 6.45) is 2.59. The van der Waals surface area contributed by atoms with Gasteiger partial charge in [-0.2, -0.15) is 0 Å². The molecule has 0 spiro atoms. The van der Waals surface area contributed by atoms with Crippen LogP contribution in [0.15, 0.2) is 0 Å². The Morgan fingerprint density at radius 3 is 2.33 bits per heavy atom. The van der Waals surface area contributed by atoms with Gasteiger partial charge in [0.1, 0.15) is 0 Å². The zero-order valence-electron chi connectivity index (χ0n) is 8.13. The van der Waals surface area contributed by atoms with E-state index in [1.807, 2.05) is 0 Å². The first-order valence-corrected chi connectivity index (χ1v) is 4.70. The van der Waals surface area contributed by atoms with Crippen molar-refractivity contribution in [2.24, 2.45) is 17.3 Å². The van der Waals surface area contributed by atoms with Crippen molar-refractivity contribution in [3.05, 3.63) is 0 Å². The monoisotopic (exact) mass is 170 g/mol. The molecule has 0 aromatic heterocycles. The fourth-order valence-corrected chi connectivity index (χ4v) is 2.48. The number of rotatable bonds is 3. The molecule has 0 bridgehead atoms. The summed E-state index contributed by atoms with van der Waals surface area (Å²) in [6.45, 7) is 6.31. The van der Waals surface area contributed by atoms with E-state index >= 15 is 0 Å². The molecular formula is C10H18O2. The minimum Gasteiger partial charge on any atom is -0.481 e. The molecule has 1 fully saturated rings. The fourth-order valence-electron chi connectivity index (χ4n) is 2.48. The molecule has 1 aliphatic carbocycles. The topological polar surface area (TPSA) is 37.3 Å². The van der Waals surface area contributed by atoms with Crippen LogP contribution in [-0.2, 0) is 4.79 Å². The maximum atomic E-state index is 11.0. The minimum absolute atomic E-state index is 0.367. The molecule has 0 aliphatic heterocycles. The van der Waals surface area contributed by atoms with Gasteiger partial charge in [-0.1, -0.05) is 20.8 Å². The van der Waals surface area contributed by atoms with E-state index < -0.39 is 5.97 Å². The molecule has 0 aromatic rings. The standard InChI is InChI=1S/C10H18O2/c1-7(2)4-10(9(11)12)5-8(3)6-10/h7-8H,4-6H2,1-3H3,(H,11,12). The third-order valence-corrected chi connectivity index (χ3v) is 2.73. The van der Waals surface area contributed by atoms with Crippen molar-refractivity contribution in [3.63, 3.8) is 0 Å². The lowest BCUT2D eigenvalue weighted by Gasteiger charge is -2.44. The maximum absolute atomic E-state index is 11.0. The molecule has 1 aliphatic rings. The van der Waals surface area contributed by atoms with Gasteiger partial charge < -0.3 is 5.11 Å². The molecule has 0 heterocycles. The van der Waals surface area contributed by atoms with Crippen LogP contribution in [0, 0.1) is 17.3 Å². The molecule has 0 saturated heterocycles. The molecule has 12 heavy (non-hydrogen) atoms.